The molecule has 2 atom stereocenters. The lowest BCUT2D eigenvalue weighted by Gasteiger charge is -2.31. The van der Waals surface area contributed by atoms with Gasteiger partial charge in [0.25, 0.3) is 0 Å². The zero-order chi connectivity index (χ0) is 17.9. The molecule has 2 aliphatic rings. The molecule has 25 heavy (non-hydrogen) atoms. The number of benzene rings is 1. The van der Waals surface area contributed by atoms with E-state index >= 15 is 0 Å². The van der Waals surface area contributed by atoms with Crippen LogP contribution in [-0.4, -0.2) is 32.0 Å². The van der Waals surface area contributed by atoms with Gasteiger partial charge in [-0.25, -0.2) is 0 Å². The molecule has 1 aliphatic heterocycles. The summed E-state index contributed by atoms with van der Waals surface area (Å²) in [6, 6.07) is 5.09. The van der Waals surface area contributed by atoms with Crippen molar-refractivity contribution in [2.24, 2.45) is 11.8 Å². The van der Waals surface area contributed by atoms with Gasteiger partial charge in [0.2, 0.25) is 12.7 Å². The standard InChI is InChI=1S/C17H20F3NO4/c18-17(19,20)13-4-2-1-3-12(13)16(22)21-7-8-23-11-5-6-14-15(9-11)25-10-24-14/h5-6,9,12-13H,1-4,7-8,10H2,(H,21,22). The molecule has 138 valence electrons. The third kappa shape index (κ3) is 4.29. The number of hydrogen-bond donors (Lipinski definition) is 1. The van der Waals surface area contributed by atoms with Crippen LogP contribution < -0.4 is 19.5 Å². The van der Waals surface area contributed by atoms with Crippen molar-refractivity contribution in [3.05, 3.63) is 18.2 Å². The van der Waals surface area contributed by atoms with E-state index in [1.54, 1.807) is 18.2 Å². The number of alkyl halides is 3. The molecular weight excluding hydrogens is 339 g/mol. The molecule has 1 aliphatic carbocycles. The van der Waals surface area contributed by atoms with Gasteiger partial charge >= 0.3 is 6.18 Å². The number of nitrogens with one attached hydrogen (secondary N) is 1. The van der Waals surface area contributed by atoms with Crippen molar-refractivity contribution in [1.82, 2.24) is 5.32 Å². The first-order valence-electron chi connectivity index (χ1n) is 8.32. The van der Waals surface area contributed by atoms with Gasteiger partial charge in [-0.3, -0.25) is 4.79 Å². The number of fused-ring (bicyclic) bond motifs is 1. The van der Waals surface area contributed by atoms with E-state index in [4.69, 9.17) is 14.2 Å². The van der Waals surface area contributed by atoms with Crippen molar-refractivity contribution >= 4 is 5.91 Å². The Morgan fingerprint density at radius 2 is 1.96 bits per heavy atom. The van der Waals surface area contributed by atoms with Gasteiger partial charge in [-0.1, -0.05) is 12.8 Å². The van der Waals surface area contributed by atoms with Crippen LogP contribution in [0.15, 0.2) is 18.2 Å². The van der Waals surface area contributed by atoms with Crippen molar-refractivity contribution < 1.29 is 32.2 Å². The number of rotatable bonds is 5. The summed E-state index contributed by atoms with van der Waals surface area (Å²) in [5.74, 6) is -1.33. The minimum absolute atomic E-state index is 0.0231. The van der Waals surface area contributed by atoms with E-state index in [1.165, 1.54) is 0 Å². The quantitative estimate of drug-likeness (QED) is 0.820. The Balaban J connectivity index is 1.46. The first-order valence-corrected chi connectivity index (χ1v) is 8.32. The van der Waals surface area contributed by atoms with Gasteiger partial charge in [-0.2, -0.15) is 13.2 Å². The molecule has 2 unspecified atom stereocenters. The molecule has 1 aromatic carbocycles. The largest absolute Gasteiger partial charge is 0.492 e. The maximum atomic E-state index is 13.0. The number of carbonyl (C=O) groups excluding carboxylic acids is 1. The highest BCUT2D eigenvalue weighted by atomic mass is 19.4. The molecule has 0 saturated heterocycles. The lowest BCUT2D eigenvalue weighted by Crippen LogP contribution is -2.43. The molecular formula is C17H20F3NO4. The molecule has 0 bridgehead atoms. The van der Waals surface area contributed by atoms with Crippen LogP contribution >= 0.6 is 0 Å². The molecule has 1 amide bonds. The van der Waals surface area contributed by atoms with E-state index in [0.29, 0.717) is 30.1 Å². The number of hydrogen-bond acceptors (Lipinski definition) is 4. The molecule has 1 saturated carbocycles. The van der Waals surface area contributed by atoms with E-state index in [1.807, 2.05) is 0 Å². The highest BCUT2D eigenvalue weighted by Crippen LogP contribution is 2.41. The van der Waals surface area contributed by atoms with Gasteiger partial charge in [0.15, 0.2) is 11.5 Å². The lowest BCUT2D eigenvalue weighted by atomic mass is 9.78. The van der Waals surface area contributed by atoms with Gasteiger partial charge in [-0.05, 0) is 25.0 Å². The summed E-state index contributed by atoms with van der Waals surface area (Å²) in [6.45, 7) is 0.472. The van der Waals surface area contributed by atoms with Crippen LogP contribution in [-0.2, 0) is 4.79 Å². The number of halogens is 3. The second kappa shape index (κ2) is 7.41. The van der Waals surface area contributed by atoms with Crippen molar-refractivity contribution in [3.8, 4) is 17.2 Å². The topological polar surface area (TPSA) is 56.8 Å². The SMILES string of the molecule is O=C(NCCOc1ccc2c(c1)OCO2)C1CCCCC1C(F)(F)F. The van der Waals surface area contributed by atoms with Crippen molar-refractivity contribution in [2.45, 2.75) is 31.9 Å². The zero-order valence-corrected chi connectivity index (χ0v) is 13.6. The fourth-order valence-electron chi connectivity index (χ4n) is 3.28. The molecule has 0 spiro atoms. The molecule has 3 rings (SSSR count). The van der Waals surface area contributed by atoms with Crippen LogP contribution in [0.25, 0.3) is 0 Å². The van der Waals surface area contributed by atoms with Crippen molar-refractivity contribution in [3.63, 3.8) is 0 Å². The number of ether oxygens (including phenoxy) is 3. The summed E-state index contributed by atoms with van der Waals surface area (Å²) >= 11 is 0. The Hall–Kier alpha value is -2.12. The zero-order valence-electron chi connectivity index (χ0n) is 13.6. The maximum Gasteiger partial charge on any atom is 0.392 e. The summed E-state index contributed by atoms with van der Waals surface area (Å²) in [6.07, 6.45) is -2.86. The van der Waals surface area contributed by atoms with Crippen LogP contribution in [0.5, 0.6) is 17.2 Å². The first-order chi connectivity index (χ1) is 11.9. The minimum Gasteiger partial charge on any atom is -0.492 e. The predicted molar refractivity (Wildman–Crippen MR) is 82.6 cm³/mol. The highest BCUT2D eigenvalue weighted by molar-refractivity contribution is 5.79. The van der Waals surface area contributed by atoms with Gasteiger partial charge in [0.1, 0.15) is 12.4 Å². The van der Waals surface area contributed by atoms with Crippen LogP contribution in [0, 0.1) is 11.8 Å². The Kier molecular flexibility index (Phi) is 5.24. The molecule has 0 aromatic heterocycles. The third-order valence-electron chi connectivity index (χ3n) is 4.54. The van der Waals surface area contributed by atoms with Crippen LogP contribution in [0.2, 0.25) is 0 Å². The van der Waals surface area contributed by atoms with Crippen LogP contribution in [0.3, 0.4) is 0 Å². The third-order valence-corrected chi connectivity index (χ3v) is 4.54. The molecule has 5 nitrogen and oxygen atoms in total. The second-order valence-electron chi connectivity index (χ2n) is 6.19. The fourth-order valence-corrected chi connectivity index (χ4v) is 3.28. The van der Waals surface area contributed by atoms with Gasteiger partial charge < -0.3 is 19.5 Å². The van der Waals surface area contributed by atoms with Gasteiger partial charge in [-0.15, -0.1) is 0 Å². The first kappa shape index (κ1) is 17.7. The predicted octanol–water partition coefficient (Wildman–Crippen LogP) is 3.28. The minimum atomic E-state index is -4.33. The molecule has 1 N–H and O–H groups in total. The Bertz CT molecular complexity index is 620. The van der Waals surface area contributed by atoms with Crippen LogP contribution in [0.1, 0.15) is 25.7 Å². The smallest absolute Gasteiger partial charge is 0.392 e. The second-order valence-corrected chi connectivity index (χ2v) is 6.19. The van der Waals surface area contributed by atoms with Gasteiger partial charge in [0, 0.05) is 12.0 Å². The van der Waals surface area contributed by atoms with Gasteiger partial charge in [0.05, 0.1) is 12.5 Å². The lowest BCUT2D eigenvalue weighted by molar-refractivity contribution is -0.198. The molecule has 8 heteroatoms. The molecule has 0 radical (unpaired) electrons. The summed E-state index contributed by atoms with van der Waals surface area (Å²) in [5, 5.41) is 2.56. The monoisotopic (exact) mass is 359 g/mol. The molecule has 1 aromatic rings. The fraction of sp³-hybridized carbons (Fsp3) is 0.588. The summed E-state index contributed by atoms with van der Waals surface area (Å²) < 4.78 is 55.0. The summed E-state index contributed by atoms with van der Waals surface area (Å²) in [4.78, 5) is 12.1. The Labute approximate surface area is 143 Å². The van der Waals surface area contributed by atoms with Crippen molar-refractivity contribution in [1.29, 1.82) is 0 Å². The summed E-state index contributed by atoms with van der Waals surface area (Å²) in [5.41, 5.74) is 0. The maximum absolute atomic E-state index is 13.0. The normalized spacial score (nSPS) is 22.5. The Morgan fingerprint density at radius 3 is 2.76 bits per heavy atom. The van der Waals surface area contributed by atoms with E-state index in [2.05, 4.69) is 5.32 Å². The van der Waals surface area contributed by atoms with E-state index in [0.717, 1.165) is 0 Å². The van der Waals surface area contributed by atoms with E-state index in [9.17, 15) is 18.0 Å². The van der Waals surface area contributed by atoms with E-state index < -0.39 is 23.9 Å². The highest BCUT2D eigenvalue weighted by Gasteiger charge is 2.47. The number of carbonyl (C=O) groups is 1. The Morgan fingerprint density at radius 1 is 1.20 bits per heavy atom. The van der Waals surface area contributed by atoms with E-state index in [-0.39, 0.29) is 32.8 Å². The summed E-state index contributed by atoms with van der Waals surface area (Å²) in [7, 11) is 0. The average Bonchev–Trinajstić information content (AvgIpc) is 3.05. The van der Waals surface area contributed by atoms with Crippen molar-refractivity contribution in [2.75, 3.05) is 19.9 Å². The molecule has 1 heterocycles. The number of amides is 1. The average molecular weight is 359 g/mol. The molecule has 1 fully saturated rings. The van der Waals surface area contributed by atoms with Crippen LogP contribution in [0.4, 0.5) is 13.2 Å².